The standard InChI is InChI=1S/C14H28N2/c1-2-3-4-10-16-11-6-7-13(12-16)14-8-5-9-15-14/h13-15H,2-12H2,1H3. The quantitative estimate of drug-likeness (QED) is 0.722. The van der Waals surface area contributed by atoms with Gasteiger partial charge >= 0.3 is 0 Å². The molecule has 0 spiro atoms. The molecule has 0 bridgehead atoms. The molecule has 2 heteroatoms. The SMILES string of the molecule is CCCCCN1CCCC(C2CCCN2)C1. The molecule has 16 heavy (non-hydrogen) atoms. The lowest BCUT2D eigenvalue weighted by Gasteiger charge is -2.35. The molecule has 2 saturated heterocycles. The van der Waals surface area contributed by atoms with Gasteiger partial charge in [0, 0.05) is 12.6 Å². The molecular weight excluding hydrogens is 196 g/mol. The monoisotopic (exact) mass is 224 g/mol. The highest BCUT2D eigenvalue weighted by Gasteiger charge is 2.28. The molecule has 2 aliphatic rings. The number of unbranched alkanes of at least 4 members (excludes halogenated alkanes) is 2. The van der Waals surface area contributed by atoms with Crippen LogP contribution in [0.2, 0.25) is 0 Å². The molecule has 2 nitrogen and oxygen atoms in total. The van der Waals surface area contributed by atoms with Crippen LogP contribution < -0.4 is 5.32 Å². The van der Waals surface area contributed by atoms with Gasteiger partial charge in [-0.15, -0.1) is 0 Å². The molecular formula is C14H28N2. The first-order valence-corrected chi connectivity index (χ1v) is 7.36. The van der Waals surface area contributed by atoms with Crippen LogP contribution in [0.25, 0.3) is 0 Å². The third-order valence-electron chi connectivity index (χ3n) is 4.29. The zero-order chi connectivity index (χ0) is 11.2. The zero-order valence-corrected chi connectivity index (χ0v) is 10.9. The van der Waals surface area contributed by atoms with Crippen molar-refractivity contribution in [3.63, 3.8) is 0 Å². The topological polar surface area (TPSA) is 15.3 Å². The molecule has 0 aromatic carbocycles. The summed E-state index contributed by atoms with van der Waals surface area (Å²) < 4.78 is 0. The van der Waals surface area contributed by atoms with Crippen LogP contribution in [-0.4, -0.2) is 37.1 Å². The maximum absolute atomic E-state index is 3.69. The van der Waals surface area contributed by atoms with Crippen molar-refractivity contribution in [1.29, 1.82) is 0 Å². The van der Waals surface area contributed by atoms with Crippen LogP contribution in [0.1, 0.15) is 51.9 Å². The van der Waals surface area contributed by atoms with E-state index in [0.29, 0.717) is 0 Å². The summed E-state index contributed by atoms with van der Waals surface area (Å²) in [6, 6.07) is 0.842. The maximum Gasteiger partial charge on any atom is 0.0108 e. The van der Waals surface area contributed by atoms with Gasteiger partial charge < -0.3 is 10.2 Å². The number of nitrogens with one attached hydrogen (secondary N) is 1. The molecule has 0 aromatic rings. The number of nitrogens with zero attached hydrogens (tertiary/aromatic N) is 1. The minimum atomic E-state index is 0.842. The van der Waals surface area contributed by atoms with Crippen molar-refractivity contribution in [2.75, 3.05) is 26.2 Å². The van der Waals surface area contributed by atoms with E-state index in [1.807, 2.05) is 0 Å². The van der Waals surface area contributed by atoms with E-state index in [1.165, 1.54) is 71.1 Å². The van der Waals surface area contributed by atoms with Crippen LogP contribution in [0.3, 0.4) is 0 Å². The van der Waals surface area contributed by atoms with Crippen LogP contribution in [0.4, 0.5) is 0 Å². The van der Waals surface area contributed by atoms with E-state index in [-0.39, 0.29) is 0 Å². The van der Waals surface area contributed by atoms with Gasteiger partial charge in [-0.3, -0.25) is 0 Å². The predicted octanol–water partition coefficient (Wildman–Crippen LogP) is 2.64. The fraction of sp³-hybridized carbons (Fsp3) is 1.00. The number of rotatable bonds is 5. The van der Waals surface area contributed by atoms with Gasteiger partial charge in [-0.25, -0.2) is 0 Å². The van der Waals surface area contributed by atoms with Gasteiger partial charge in [0.25, 0.3) is 0 Å². The molecule has 1 N–H and O–H groups in total. The summed E-state index contributed by atoms with van der Waals surface area (Å²) in [6.07, 6.45) is 9.87. The van der Waals surface area contributed by atoms with E-state index < -0.39 is 0 Å². The lowest BCUT2D eigenvalue weighted by Crippen LogP contribution is -2.43. The molecule has 2 rings (SSSR count). The Hall–Kier alpha value is -0.0800. The molecule has 0 saturated carbocycles. The van der Waals surface area contributed by atoms with Crippen molar-refractivity contribution in [1.82, 2.24) is 10.2 Å². The van der Waals surface area contributed by atoms with Crippen LogP contribution in [0.5, 0.6) is 0 Å². The Bertz CT molecular complexity index is 187. The highest BCUT2D eigenvalue weighted by molar-refractivity contribution is 4.86. The van der Waals surface area contributed by atoms with Gasteiger partial charge in [0.2, 0.25) is 0 Å². The van der Waals surface area contributed by atoms with E-state index in [0.717, 1.165) is 12.0 Å². The number of hydrogen-bond acceptors (Lipinski definition) is 2. The average molecular weight is 224 g/mol. The summed E-state index contributed by atoms with van der Waals surface area (Å²) in [5.41, 5.74) is 0. The summed E-state index contributed by atoms with van der Waals surface area (Å²) in [4.78, 5) is 2.71. The second-order valence-corrected chi connectivity index (χ2v) is 5.61. The Morgan fingerprint density at radius 1 is 1.19 bits per heavy atom. The van der Waals surface area contributed by atoms with Gasteiger partial charge in [0.1, 0.15) is 0 Å². The normalized spacial score (nSPS) is 32.1. The van der Waals surface area contributed by atoms with Gasteiger partial charge in [-0.1, -0.05) is 19.8 Å². The van der Waals surface area contributed by atoms with Gasteiger partial charge in [0.05, 0.1) is 0 Å². The van der Waals surface area contributed by atoms with Crippen molar-refractivity contribution < 1.29 is 0 Å². The average Bonchev–Trinajstić information content (AvgIpc) is 2.83. The van der Waals surface area contributed by atoms with Crippen LogP contribution in [0, 0.1) is 5.92 Å². The smallest absolute Gasteiger partial charge is 0.0108 e. The minimum absolute atomic E-state index is 0.842. The Kier molecular flexibility index (Phi) is 5.11. The molecule has 2 aliphatic heterocycles. The Morgan fingerprint density at radius 2 is 2.12 bits per heavy atom. The molecule has 0 radical (unpaired) electrons. The summed E-state index contributed by atoms with van der Waals surface area (Å²) in [5, 5.41) is 3.69. The second-order valence-electron chi connectivity index (χ2n) is 5.61. The Labute approximate surface area is 101 Å². The summed E-state index contributed by atoms with van der Waals surface area (Å²) >= 11 is 0. The van der Waals surface area contributed by atoms with Crippen molar-refractivity contribution in [2.24, 2.45) is 5.92 Å². The molecule has 2 heterocycles. The van der Waals surface area contributed by atoms with E-state index >= 15 is 0 Å². The van der Waals surface area contributed by atoms with Crippen LogP contribution in [0.15, 0.2) is 0 Å². The maximum atomic E-state index is 3.69. The fourth-order valence-electron chi connectivity index (χ4n) is 3.32. The third kappa shape index (κ3) is 3.46. The molecule has 2 atom stereocenters. The van der Waals surface area contributed by atoms with Gasteiger partial charge in [-0.2, -0.15) is 0 Å². The van der Waals surface area contributed by atoms with Crippen LogP contribution >= 0.6 is 0 Å². The minimum Gasteiger partial charge on any atom is -0.314 e. The summed E-state index contributed by atoms with van der Waals surface area (Å²) in [6.45, 7) is 7.61. The molecule has 0 amide bonds. The van der Waals surface area contributed by atoms with E-state index in [4.69, 9.17) is 0 Å². The largest absolute Gasteiger partial charge is 0.314 e. The second kappa shape index (κ2) is 6.61. The number of piperidine rings is 1. The molecule has 2 unspecified atom stereocenters. The first-order valence-electron chi connectivity index (χ1n) is 7.36. The number of hydrogen-bond donors (Lipinski definition) is 1. The lowest BCUT2D eigenvalue weighted by atomic mass is 9.89. The number of likely N-dealkylation sites (tertiary alicyclic amines) is 1. The first kappa shape index (κ1) is 12.4. The molecule has 2 fully saturated rings. The molecule has 0 aliphatic carbocycles. The van der Waals surface area contributed by atoms with E-state index in [2.05, 4.69) is 17.1 Å². The summed E-state index contributed by atoms with van der Waals surface area (Å²) in [7, 11) is 0. The molecule has 94 valence electrons. The van der Waals surface area contributed by atoms with E-state index in [9.17, 15) is 0 Å². The van der Waals surface area contributed by atoms with Gasteiger partial charge in [-0.05, 0) is 57.7 Å². The molecule has 0 aromatic heterocycles. The van der Waals surface area contributed by atoms with Crippen molar-refractivity contribution >= 4 is 0 Å². The van der Waals surface area contributed by atoms with E-state index in [1.54, 1.807) is 0 Å². The van der Waals surface area contributed by atoms with Gasteiger partial charge in [0.15, 0.2) is 0 Å². The predicted molar refractivity (Wildman–Crippen MR) is 69.7 cm³/mol. The van der Waals surface area contributed by atoms with Crippen LogP contribution in [-0.2, 0) is 0 Å². The van der Waals surface area contributed by atoms with Crippen molar-refractivity contribution in [3.05, 3.63) is 0 Å². The highest BCUT2D eigenvalue weighted by Crippen LogP contribution is 2.24. The van der Waals surface area contributed by atoms with Crippen molar-refractivity contribution in [3.8, 4) is 0 Å². The Balaban J connectivity index is 1.70. The summed E-state index contributed by atoms with van der Waals surface area (Å²) in [5.74, 6) is 0.942. The zero-order valence-electron chi connectivity index (χ0n) is 10.9. The lowest BCUT2D eigenvalue weighted by molar-refractivity contribution is 0.149. The highest BCUT2D eigenvalue weighted by atomic mass is 15.1. The first-order chi connectivity index (χ1) is 7.90. The van der Waals surface area contributed by atoms with Crippen molar-refractivity contribution in [2.45, 2.75) is 57.9 Å². The third-order valence-corrected chi connectivity index (χ3v) is 4.29. The Morgan fingerprint density at radius 3 is 2.88 bits per heavy atom. The fourth-order valence-corrected chi connectivity index (χ4v) is 3.32.